The minimum absolute atomic E-state index is 0.210. The first kappa shape index (κ1) is 9.08. The van der Waals surface area contributed by atoms with Gasteiger partial charge >= 0.3 is 0 Å². The number of hydrogen-bond acceptors (Lipinski definition) is 2. The second kappa shape index (κ2) is 3.02. The second-order valence-electron chi connectivity index (χ2n) is 3.87. The molecule has 0 unspecified atom stereocenters. The second-order valence-corrected chi connectivity index (χ2v) is 3.87. The van der Waals surface area contributed by atoms with E-state index in [9.17, 15) is 0 Å². The summed E-state index contributed by atoms with van der Waals surface area (Å²) in [5.41, 5.74) is 2.11. The van der Waals surface area contributed by atoms with E-state index in [1.54, 1.807) is 7.11 Å². The fraction of sp³-hybridized carbons (Fsp3) is 0.417. The van der Waals surface area contributed by atoms with Crippen LogP contribution in [0, 0.1) is 18.3 Å². The zero-order chi connectivity index (χ0) is 10.2. The molecule has 2 rings (SSSR count). The summed E-state index contributed by atoms with van der Waals surface area (Å²) < 4.78 is 5.17. The molecule has 0 bridgehead atoms. The fourth-order valence-electron chi connectivity index (χ4n) is 1.81. The van der Waals surface area contributed by atoms with E-state index in [0.29, 0.717) is 0 Å². The van der Waals surface area contributed by atoms with E-state index in [4.69, 9.17) is 10.00 Å². The Kier molecular flexibility index (Phi) is 1.96. The van der Waals surface area contributed by atoms with E-state index in [1.165, 1.54) is 5.56 Å². The summed E-state index contributed by atoms with van der Waals surface area (Å²) >= 11 is 0. The van der Waals surface area contributed by atoms with Crippen molar-refractivity contribution in [2.75, 3.05) is 7.11 Å². The number of ether oxygens (including phenoxy) is 1. The number of benzene rings is 1. The van der Waals surface area contributed by atoms with Crippen LogP contribution in [0.3, 0.4) is 0 Å². The normalized spacial score (nSPS) is 17.2. The van der Waals surface area contributed by atoms with E-state index < -0.39 is 0 Å². The molecule has 2 heteroatoms. The lowest BCUT2D eigenvalue weighted by molar-refractivity contribution is 0.414. The molecule has 2 nitrogen and oxygen atoms in total. The van der Waals surface area contributed by atoms with Gasteiger partial charge in [0.15, 0.2) is 0 Å². The summed E-state index contributed by atoms with van der Waals surface area (Å²) in [6.07, 6.45) is 1.97. The van der Waals surface area contributed by atoms with Gasteiger partial charge in [-0.1, -0.05) is 6.07 Å². The zero-order valence-electron chi connectivity index (χ0n) is 8.50. The molecule has 0 spiro atoms. The Bertz CT molecular complexity index is 399. The van der Waals surface area contributed by atoms with E-state index in [2.05, 4.69) is 6.07 Å². The van der Waals surface area contributed by atoms with Crippen LogP contribution in [0.5, 0.6) is 5.75 Å². The standard InChI is InChI=1S/C12H13NO/c1-9-3-4-10(14-2)7-11(9)12(8-13)5-6-12/h3-4,7H,5-6H2,1-2H3. The van der Waals surface area contributed by atoms with Crippen molar-refractivity contribution in [3.8, 4) is 11.8 Å². The number of rotatable bonds is 2. The SMILES string of the molecule is COc1ccc(C)c(C2(C#N)CC2)c1. The maximum absolute atomic E-state index is 9.11. The average Bonchev–Trinajstić information content (AvgIpc) is 2.99. The van der Waals surface area contributed by atoms with Crippen LogP contribution in [0.1, 0.15) is 24.0 Å². The van der Waals surface area contributed by atoms with Crippen LogP contribution >= 0.6 is 0 Å². The van der Waals surface area contributed by atoms with Crippen molar-refractivity contribution in [2.24, 2.45) is 0 Å². The zero-order valence-corrected chi connectivity index (χ0v) is 8.50. The molecule has 1 aliphatic rings. The Labute approximate surface area is 84.1 Å². The molecule has 0 atom stereocenters. The van der Waals surface area contributed by atoms with E-state index in [0.717, 1.165) is 24.2 Å². The number of hydrogen-bond donors (Lipinski definition) is 0. The molecule has 1 saturated carbocycles. The lowest BCUT2D eigenvalue weighted by Gasteiger charge is -2.11. The highest BCUT2D eigenvalue weighted by Gasteiger charge is 2.45. The van der Waals surface area contributed by atoms with Crippen LogP contribution in [-0.4, -0.2) is 7.11 Å². The summed E-state index contributed by atoms with van der Waals surface area (Å²) in [7, 11) is 1.65. The van der Waals surface area contributed by atoms with Gasteiger partial charge in [0.1, 0.15) is 5.75 Å². The molecular weight excluding hydrogens is 174 g/mol. The molecule has 1 aliphatic carbocycles. The van der Waals surface area contributed by atoms with Crippen molar-refractivity contribution in [3.05, 3.63) is 29.3 Å². The fourth-order valence-corrected chi connectivity index (χ4v) is 1.81. The molecule has 0 saturated heterocycles. The largest absolute Gasteiger partial charge is 0.497 e. The highest BCUT2D eigenvalue weighted by atomic mass is 16.5. The van der Waals surface area contributed by atoms with Crippen molar-refractivity contribution in [3.63, 3.8) is 0 Å². The summed E-state index contributed by atoms with van der Waals surface area (Å²) in [4.78, 5) is 0. The van der Waals surface area contributed by atoms with Gasteiger partial charge in [0.05, 0.1) is 18.6 Å². The quantitative estimate of drug-likeness (QED) is 0.712. The summed E-state index contributed by atoms with van der Waals surface area (Å²) in [5, 5.41) is 9.11. The van der Waals surface area contributed by atoms with Crippen molar-refractivity contribution in [1.82, 2.24) is 0 Å². The molecule has 0 heterocycles. The summed E-state index contributed by atoms with van der Waals surface area (Å²) in [5.74, 6) is 0.840. The molecule has 0 aromatic heterocycles. The van der Waals surface area contributed by atoms with E-state index >= 15 is 0 Å². The van der Waals surface area contributed by atoms with Gasteiger partial charge in [0, 0.05) is 0 Å². The van der Waals surface area contributed by atoms with Crippen LogP contribution in [0.4, 0.5) is 0 Å². The number of nitrogens with zero attached hydrogens (tertiary/aromatic N) is 1. The van der Waals surface area contributed by atoms with Gasteiger partial charge in [-0.2, -0.15) is 5.26 Å². The van der Waals surface area contributed by atoms with Gasteiger partial charge in [-0.05, 0) is 43.0 Å². The first-order valence-electron chi connectivity index (χ1n) is 4.78. The van der Waals surface area contributed by atoms with Crippen molar-refractivity contribution in [2.45, 2.75) is 25.2 Å². The lowest BCUT2D eigenvalue weighted by Crippen LogP contribution is -2.05. The van der Waals surface area contributed by atoms with Crippen LogP contribution in [-0.2, 0) is 5.41 Å². The number of nitriles is 1. The molecule has 1 aromatic rings. The van der Waals surface area contributed by atoms with E-state index in [1.807, 2.05) is 25.1 Å². The Morgan fingerprint density at radius 1 is 1.43 bits per heavy atom. The molecule has 1 aromatic carbocycles. The molecule has 0 radical (unpaired) electrons. The van der Waals surface area contributed by atoms with Gasteiger partial charge < -0.3 is 4.74 Å². The monoisotopic (exact) mass is 187 g/mol. The van der Waals surface area contributed by atoms with Gasteiger partial charge in [-0.15, -0.1) is 0 Å². The first-order chi connectivity index (χ1) is 6.72. The lowest BCUT2D eigenvalue weighted by atomic mass is 9.93. The third kappa shape index (κ3) is 1.26. The molecule has 0 aliphatic heterocycles. The van der Waals surface area contributed by atoms with Gasteiger partial charge in [-0.3, -0.25) is 0 Å². The van der Waals surface area contributed by atoms with Crippen molar-refractivity contribution in [1.29, 1.82) is 5.26 Å². The Balaban J connectivity index is 2.47. The van der Waals surface area contributed by atoms with E-state index in [-0.39, 0.29) is 5.41 Å². The number of aryl methyl sites for hydroxylation is 1. The van der Waals surface area contributed by atoms with Gasteiger partial charge in [0.2, 0.25) is 0 Å². The minimum Gasteiger partial charge on any atom is -0.497 e. The third-order valence-electron chi connectivity index (χ3n) is 2.92. The Morgan fingerprint density at radius 3 is 2.64 bits per heavy atom. The first-order valence-corrected chi connectivity index (χ1v) is 4.78. The molecular formula is C12H13NO. The maximum Gasteiger partial charge on any atom is 0.119 e. The van der Waals surface area contributed by atoms with Crippen LogP contribution in [0.2, 0.25) is 0 Å². The topological polar surface area (TPSA) is 33.0 Å². The Hall–Kier alpha value is -1.49. The summed E-state index contributed by atoms with van der Waals surface area (Å²) in [6, 6.07) is 8.35. The van der Waals surface area contributed by atoms with Crippen LogP contribution < -0.4 is 4.74 Å². The molecule has 0 amide bonds. The predicted octanol–water partition coefficient (Wildman–Crippen LogP) is 2.56. The highest BCUT2D eigenvalue weighted by molar-refractivity contribution is 5.47. The molecule has 72 valence electrons. The van der Waals surface area contributed by atoms with Crippen LogP contribution in [0.25, 0.3) is 0 Å². The highest BCUT2D eigenvalue weighted by Crippen LogP contribution is 2.49. The van der Waals surface area contributed by atoms with Gasteiger partial charge in [0.25, 0.3) is 0 Å². The summed E-state index contributed by atoms with van der Waals surface area (Å²) in [6.45, 7) is 2.05. The van der Waals surface area contributed by atoms with Gasteiger partial charge in [-0.25, -0.2) is 0 Å². The maximum atomic E-state index is 9.11. The molecule has 1 fully saturated rings. The van der Waals surface area contributed by atoms with Crippen molar-refractivity contribution >= 4 is 0 Å². The molecule has 14 heavy (non-hydrogen) atoms. The third-order valence-corrected chi connectivity index (χ3v) is 2.92. The number of methoxy groups -OCH3 is 1. The predicted molar refractivity (Wildman–Crippen MR) is 54.3 cm³/mol. The van der Waals surface area contributed by atoms with Crippen molar-refractivity contribution < 1.29 is 4.74 Å². The molecule has 0 N–H and O–H groups in total. The average molecular weight is 187 g/mol. The minimum atomic E-state index is -0.210. The Morgan fingerprint density at radius 2 is 2.14 bits per heavy atom. The van der Waals surface area contributed by atoms with Crippen LogP contribution in [0.15, 0.2) is 18.2 Å². The smallest absolute Gasteiger partial charge is 0.119 e.